The first-order valence-corrected chi connectivity index (χ1v) is 7.65. The van der Waals surface area contributed by atoms with Crippen LogP contribution in [0.15, 0.2) is 12.3 Å². The molecule has 22 heavy (non-hydrogen) atoms. The second-order valence-corrected chi connectivity index (χ2v) is 6.76. The summed E-state index contributed by atoms with van der Waals surface area (Å²) >= 11 is 0. The first-order chi connectivity index (χ1) is 10.3. The van der Waals surface area contributed by atoms with Crippen molar-refractivity contribution in [2.24, 2.45) is 5.92 Å². The molecular weight excluding hydrogens is 290 g/mol. The van der Waals surface area contributed by atoms with Gasteiger partial charge in [0.05, 0.1) is 0 Å². The zero-order chi connectivity index (χ0) is 16.3. The topological polar surface area (TPSA) is 50.2 Å². The van der Waals surface area contributed by atoms with Gasteiger partial charge in [-0.3, -0.25) is 4.79 Å². The minimum absolute atomic E-state index is 0.116. The molecule has 1 aromatic heterocycles. The van der Waals surface area contributed by atoms with Gasteiger partial charge in [-0.25, -0.2) is 0 Å². The van der Waals surface area contributed by atoms with Gasteiger partial charge in [0.25, 0.3) is 5.91 Å². The standard InChI is InChI=1S/C15H24F2N4O/c1-11-5-4-8-20(9-11)10-15(2,3)19-13(22)12-6-7-18-21(12)14(16)17/h6-7,11,14H,4-5,8-10H2,1-3H3,(H,19,22)/t11-/m1/s1. The number of nitrogens with one attached hydrogen (secondary N) is 1. The number of hydrogen-bond donors (Lipinski definition) is 1. The van der Waals surface area contributed by atoms with E-state index in [0.717, 1.165) is 19.5 Å². The lowest BCUT2D eigenvalue weighted by atomic mass is 9.97. The number of aromatic nitrogens is 2. The van der Waals surface area contributed by atoms with Gasteiger partial charge in [-0.1, -0.05) is 6.92 Å². The molecule has 0 aromatic carbocycles. The highest BCUT2D eigenvalue weighted by atomic mass is 19.3. The second kappa shape index (κ2) is 6.73. The Morgan fingerprint density at radius 1 is 1.55 bits per heavy atom. The molecule has 124 valence electrons. The molecule has 1 aromatic rings. The summed E-state index contributed by atoms with van der Waals surface area (Å²) in [5.74, 6) is 0.133. The van der Waals surface area contributed by atoms with E-state index in [1.807, 2.05) is 13.8 Å². The zero-order valence-corrected chi connectivity index (χ0v) is 13.4. The molecule has 1 amide bonds. The number of rotatable bonds is 5. The average Bonchev–Trinajstić information content (AvgIpc) is 2.86. The van der Waals surface area contributed by atoms with E-state index in [9.17, 15) is 13.6 Å². The van der Waals surface area contributed by atoms with Crippen molar-refractivity contribution in [3.8, 4) is 0 Å². The molecule has 0 radical (unpaired) electrons. The van der Waals surface area contributed by atoms with Crippen molar-refractivity contribution in [2.75, 3.05) is 19.6 Å². The van der Waals surface area contributed by atoms with Crippen LogP contribution < -0.4 is 5.32 Å². The van der Waals surface area contributed by atoms with Gasteiger partial charge in [0, 0.05) is 24.8 Å². The van der Waals surface area contributed by atoms with Crippen LogP contribution in [0, 0.1) is 5.92 Å². The minimum Gasteiger partial charge on any atom is -0.345 e. The summed E-state index contributed by atoms with van der Waals surface area (Å²) in [6.45, 7) is 5.94. The summed E-state index contributed by atoms with van der Waals surface area (Å²) < 4.78 is 26.0. The lowest BCUT2D eigenvalue weighted by Crippen LogP contribution is -2.53. The summed E-state index contributed by atoms with van der Waals surface area (Å²) in [7, 11) is 0. The van der Waals surface area contributed by atoms with Crippen molar-refractivity contribution in [3.63, 3.8) is 0 Å². The number of carbonyl (C=O) groups is 1. The smallest absolute Gasteiger partial charge is 0.333 e. The monoisotopic (exact) mass is 314 g/mol. The largest absolute Gasteiger partial charge is 0.345 e. The Labute approximate surface area is 129 Å². The van der Waals surface area contributed by atoms with E-state index in [-0.39, 0.29) is 5.69 Å². The van der Waals surface area contributed by atoms with Gasteiger partial charge in [0.1, 0.15) is 5.69 Å². The van der Waals surface area contributed by atoms with E-state index < -0.39 is 18.0 Å². The molecule has 2 rings (SSSR count). The summed E-state index contributed by atoms with van der Waals surface area (Å²) in [5.41, 5.74) is -0.610. The molecule has 0 spiro atoms. The lowest BCUT2D eigenvalue weighted by molar-refractivity contribution is 0.0497. The number of carbonyl (C=O) groups excluding carboxylic acids is 1. The Hall–Kier alpha value is -1.50. The predicted octanol–water partition coefficient (Wildman–Crippen LogP) is 2.52. The number of alkyl halides is 2. The summed E-state index contributed by atoms with van der Waals surface area (Å²) in [6.07, 6.45) is 3.60. The minimum atomic E-state index is -2.82. The zero-order valence-electron chi connectivity index (χ0n) is 13.4. The molecule has 7 heteroatoms. The van der Waals surface area contributed by atoms with Crippen LogP contribution in [0.1, 0.15) is 50.7 Å². The van der Waals surface area contributed by atoms with E-state index in [4.69, 9.17) is 0 Å². The third kappa shape index (κ3) is 4.25. The van der Waals surface area contributed by atoms with Gasteiger partial charge < -0.3 is 10.2 Å². The molecule has 5 nitrogen and oxygen atoms in total. The predicted molar refractivity (Wildman–Crippen MR) is 79.9 cm³/mol. The fraction of sp³-hybridized carbons (Fsp3) is 0.733. The van der Waals surface area contributed by atoms with Crippen LogP contribution in [0.25, 0.3) is 0 Å². The van der Waals surface area contributed by atoms with Crippen LogP contribution in [-0.2, 0) is 0 Å². The van der Waals surface area contributed by atoms with Crippen LogP contribution in [-0.4, -0.2) is 45.8 Å². The van der Waals surface area contributed by atoms with Crippen molar-refractivity contribution >= 4 is 5.91 Å². The molecule has 1 aliphatic heterocycles. The van der Waals surface area contributed by atoms with E-state index in [2.05, 4.69) is 22.2 Å². The number of amides is 1. The van der Waals surface area contributed by atoms with Crippen LogP contribution >= 0.6 is 0 Å². The molecular formula is C15H24F2N4O. The van der Waals surface area contributed by atoms with E-state index >= 15 is 0 Å². The van der Waals surface area contributed by atoms with Crippen molar-refractivity contribution in [2.45, 2.75) is 45.7 Å². The van der Waals surface area contributed by atoms with Crippen molar-refractivity contribution in [1.82, 2.24) is 20.0 Å². The second-order valence-electron chi connectivity index (χ2n) is 6.76. The average molecular weight is 314 g/mol. The number of likely N-dealkylation sites (tertiary alicyclic amines) is 1. The Kier molecular flexibility index (Phi) is 5.16. The van der Waals surface area contributed by atoms with Gasteiger partial charge in [-0.2, -0.15) is 18.6 Å². The van der Waals surface area contributed by atoms with Crippen molar-refractivity contribution in [3.05, 3.63) is 18.0 Å². The summed E-state index contributed by atoms with van der Waals surface area (Å²) in [6, 6.07) is 1.31. The molecule has 2 heterocycles. The highest BCUT2D eigenvalue weighted by molar-refractivity contribution is 5.93. The van der Waals surface area contributed by atoms with Crippen molar-refractivity contribution in [1.29, 1.82) is 0 Å². The molecule has 1 N–H and O–H groups in total. The fourth-order valence-corrected chi connectivity index (χ4v) is 3.05. The molecule has 1 saturated heterocycles. The van der Waals surface area contributed by atoms with Crippen molar-refractivity contribution < 1.29 is 13.6 Å². The SMILES string of the molecule is C[C@@H]1CCCN(CC(C)(C)NC(=O)c2ccnn2C(F)F)C1. The number of piperidine rings is 1. The molecule has 1 aliphatic rings. The molecule has 0 bridgehead atoms. The maximum absolute atomic E-state index is 12.8. The molecule has 1 fully saturated rings. The fourth-order valence-electron chi connectivity index (χ4n) is 3.05. The van der Waals surface area contributed by atoms with Crippen LogP contribution in [0.2, 0.25) is 0 Å². The third-order valence-electron chi connectivity index (χ3n) is 3.90. The summed E-state index contributed by atoms with van der Waals surface area (Å²) in [5, 5.41) is 6.33. The quantitative estimate of drug-likeness (QED) is 0.908. The molecule has 0 unspecified atom stereocenters. The van der Waals surface area contributed by atoms with E-state index in [0.29, 0.717) is 17.1 Å². The van der Waals surface area contributed by atoms with Crippen LogP contribution in [0.4, 0.5) is 8.78 Å². The maximum Gasteiger partial charge on any atom is 0.333 e. The molecule has 0 saturated carbocycles. The Morgan fingerprint density at radius 3 is 2.91 bits per heavy atom. The lowest BCUT2D eigenvalue weighted by Gasteiger charge is -2.37. The van der Waals surface area contributed by atoms with Gasteiger partial charge in [0.2, 0.25) is 0 Å². The highest BCUT2D eigenvalue weighted by Gasteiger charge is 2.28. The first-order valence-electron chi connectivity index (χ1n) is 7.65. The Morgan fingerprint density at radius 2 is 2.27 bits per heavy atom. The number of nitrogens with zero attached hydrogens (tertiary/aromatic N) is 3. The first kappa shape index (κ1) is 16.9. The summed E-state index contributed by atoms with van der Waals surface area (Å²) in [4.78, 5) is 14.5. The molecule has 1 atom stereocenters. The maximum atomic E-state index is 12.8. The van der Waals surface area contributed by atoms with Crippen LogP contribution in [0.3, 0.4) is 0 Å². The number of halogens is 2. The molecule has 0 aliphatic carbocycles. The Balaban J connectivity index is 1.98. The van der Waals surface area contributed by atoms with Gasteiger partial charge in [0.15, 0.2) is 0 Å². The van der Waals surface area contributed by atoms with Gasteiger partial charge in [-0.15, -0.1) is 0 Å². The van der Waals surface area contributed by atoms with Crippen LogP contribution in [0.5, 0.6) is 0 Å². The Bertz CT molecular complexity index is 515. The van der Waals surface area contributed by atoms with Gasteiger partial charge in [-0.05, 0) is 45.2 Å². The van der Waals surface area contributed by atoms with E-state index in [1.165, 1.54) is 18.7 Å². The normalized spacial score (nSPS) is 20.4. The van der Waals surface area contributed by atoms with E-state index in [1.54, 1.807) is 0 Å². The van der Waals surface area contributed by atoms with Gasteiger partial charge >= 0.3 is 6.55 Å². The highest BCUT2D eigenvalue weighted by Crippen LogP contribution is 2.18. The number of hydrogen-bond acceptors (Lipinski definition) is 3. The third-order valence-corrected chi connectivity index (χ3v) is 3.90.